The molecule has 0 aromatic carbocycles. The number of nitrogens with zero attached hydrogens (tertiary/aromatic N) is 2. The Morgan fingerprint density at radius 2 is 2.56 bits per heavy atom. The van der Waals surface area contributed by atoms with Crippen molar-refractivity contribution in [1.29, 1.82) is 0 Å². The van der Waals surface area contributed by atoms with Crippen LogP contribution in [-0.4, -0.2) is 9.78 Å². The van der Waals surface area contributed by atoms with Crippen molar-refractivity contribution in [2.75, 3.05) is 0 Å². The van der Waals surface area contributed by atoms with Crippen molar-refractivity contribution in [3.63, 3.8) is 0 Å². The monoisotopic (exact) mass is 124 g/mol. The van der Waals surface area contributed by atoms with Crippen LogP contribution in [0.2, 0.25) is 0 Å². The van der Waals surface area contributed by atoms with Crippen molar-refractivity contribution in [3.8, 4) is 5.69 Å². The van der Waals surface area contributed by atoms with Crippen molar-refractivity contribution < 1.29 is 4.39 Å². The van der Waals surface area contributed by atoms with E-state index in [4.69, 9.17) is 0 Å². The fourth-order valence-corrected chi connectivity index (χ4v) is 0.869. The Kier molecular flexibility index (Phi) is 0.754. The van der Waals surface area contributed by atoms with Gasteiger partial charge in [-0.2, -0.15) is 5.10 Å². The molecule has 2 aliphatic rings. The molecule has 0 amide bonds. The van der Waals surface area contributed by atoms with E-state index in [0.29, 0.717) is 12.8 Å². The van der Waals surface area contributed by atoms with Crippen molar-refractivity contribution in [2.45, 2.75) is 6.42 Å². The zero-order valence-corrected chi connectivity index (χ0v) is 4.71. The van der Waals surface area contributed by atoms with Crippen molar-refractivity contribution in [3.05, 3.63) is 24.3 Å². The molecule has 0 atom stereocenters. The molecular formula is C6H5FN2. The summed E-state index contributed by atoms with van der Waals surface area (Å²) >= 11 is 0. The molecule has 0 bridgehead atoms. The van der Waals surface area contributed by atoms with Gasteiger partial charge in [0.2, 0.25) is 0 Å². The molecule has 0 aliphatic carbocycles. The van der Waals surface area contributed by atoms with Crippen LogP contribution in [0.15, 0.2) is 18.6 Å². The smallest absolute Gasteiger partial charge is 0.107 e. The maximum absolute atomic E-state index is 11.4. The second-order valence-electron chi connectivity index (χ2n) is 1.95. The minimum absolute atomic E-state index is 0.562. The zero-order chi connectivity index (χ0) is 6.27. The van der Waals surface area contributed by atoms with Gasteiger partial charge in [0.05, 0.1) is 18.2 Å². The molecule has 2 heterocycles. The van der Waals surface area contributed by atoms with Gasteiger partial charge in [-0.1, -0.05) is 6.08 Å². The third kappa shape index (κ3) is 0.512. The Balaban J connectivity index is 2.06. The summed E-state index contributed by atoms with van der Waals surface area (Å²) in [6, 6.07) is 0. The summed E-state index contributed by atoms with van der Waals surface area (Å²) in [5, 5.41) is 3.86. The number of halogens is 1. The van der Waals surface area contributed by atoms with Crippen molar-refractivity contribution >= 4 is 0 Å². The highest BCUT2D eigenvalue weighted by Gasteiger charge is 2.24. The van der Waals surface area contributed by atoms with E-state index in [1.807, 2.05) is 0 Å². The Bertz CT molecular complexity index is 243. The SMILES string of the molecule is FC=CCc1c2cnn1-2. The van der Waals surface area contributed by atoms with Crippen LogP contribution in [0.3, 0.4) is 0 Å². The van der Waals surface area contributed by atoms with Crippen LogP contribution in [0, 0.1) is 0 Å². The van der Waals surface area contributed by atoms with E-state index in [1.54, 1.807) is 10.9 Å². The second-order valence-corrected chi connectivity index (χ2v) is 1.95. The Morgan fingerprint density at radius 3 is 3.00 bits per heavy atom. The van der Waals surface area contributed by atoms with Crippen LogP contribution in [0.1, 0.15) is 5.69 Å². The average molecular weight is 124 g/mol. The number of hydrogen-bond donors (Lipinski definition) is 0. The zero-order valence-electron chi connectivity index (χ0n) is 4.71. The minimum Gasteiger partial charge on any atom is -0.232 e. The predicted octanol–water partition coefficient (Wildman–Crippen LogP) is 1.21. The summed E-state index contributed by atoms with van der Waals surface area (Å²) in [4.78, 5) is 0. The molecular weight excluding hydrogens is 119 g/mol. The average Bonchev–Trinajstić information content (AvgIpc) is 2.27. The van der Waals surface area contributed by atoms with E-state index >= 15 is 0 Å². The van der Waals surface area contributed by atoms with E-state index < -0.39 is 0 Å². The van der Waals surface area contributed by atoms with E-state index in [2.05, 4.69) is 5.10 Å². The largest absolute Gasteiger partial charge is 0.232 e. The van der Waals surface area contributed by atoms with Crippen LogP contribution in [0.5, 0.6) is 0 Å². The highest BCUT2D eigenvalue weighted by molar-refractivity contribution is 5.51. The van der Waals surface area contributed by atoms with Crippen LogP contribution in [-0.2, 0) is 6.42 Å². The fourth-order valence-electron chi connectivity index (χ4n) is 0.869. The Morgan fingerprint density at radius 1 is 1.78 bits per heavy atom. The number of aromatic nitrogens is 2. The first-order chi connectivity index (χ1) is 4.43. The predicted molar refractivity (Wildman–Crippen MR) is 31.1 cm³/mol. The lowest BCUT2D eigenvalue weighted by atomic mass is 10.4. The third-order valence-electron chi connectivity index (χ3n) is 1.43. The summed E-state index contributed by atoms with van der Waals surface area (Å²) in [5.41, 5.74) is 2.29. The van der Waals surface area contributed by atoms with E-state index in [9.17, 15) is 4.39 Å². The minimum atomic E-state index is 0.562. The molecule has 0 saturated heterocycles. The van der Waals surface area contributed by atoms with Gasteiger partial charge < -0.3 is 0 Å². The Labute approximate surface area is 51.6 Å². The van der Waals surface area contributed by atoms with Gasteiger partial charge >= 0.3 is 0 Å². The molecule has 2 nitrogen and oxygen atoms in total. The molecule has 0 aromatic heterocycles. The van der Waals surface area contributed by atoms with Crippen LogP contribution < -0.4 is 0 Å². The summed E-state index contributed by atoms with van der Waals surface area (Å²) in [7, 11) is 0. The summed E-state index contributed by atoms with van der Waals surface area (Å²) in [6.45, 7) is 0. The van der Waals surface area contributed by atoms with Crippen molar-refractivity contribution in [1.82, 2.24) is 9.78 Å². The lowest BCUT2D eigenvalue weighted by Gasteiger charge is -1.81. The van der Waals surface area contributed by atoms with Gasteiger partial charge in [0.1, 0.15) is 5.69 Å². The molecule has 46 valence electrons. The number of allylic oxidation sites excluding steroid dienone is 1. The van der Waals surface area contributed by atoms with Gasteiger partial charge in [-0.15, -0.1) is 0 Å². The quantitative estimate of drug-likeness (QED) is 0.588. The van der Waals surface area contributed by atoms with Gasteiger partial charge in [0, 0.05) is 6.42 Å². The summed E-state index contributed by atoms with van der Waals surface area (Å²) in [5.74, 6) is 0. The van der Waals surface area contributed by atoms with Gasteiger partial charge in [-0.3, -0.25) is 0 Å². The van der Waals surface area contributed by atoms with E-state index in [0.717, 1.165) is 11.4 Å². The van der Waals surface area contributed by atoms with Crippen molar-refractivity contribution in [2.24, 2.45) is 0 Å². The summed E-state index contributed by atoms with van der Waals surface area (Å²) in [6.07, 6.45) is 4.49. The van der Waals surface area contributed by atoms with Crippen LogP contribution in [0.25, 0.3) is 5.69 Å². The molecule has 2 rings (SSSR count). The molecule has 0 unspecified atom stereocenters. The first-order valence-electron chi connectivity index (χ1n) is 2.76. The van der Waals surface area contributed by atoms with Gasteiger partial charge in [0.15, 0.2) is 0 Å². The molecule has 3 heteroatoms. The third-order valence-corrected chi connectivity index (χ3v) is 1.43. The van der Waals surface area contributed by atoms with Crippen LogP contribution in [0.4, 0.5) is 4.39 Å². The maximum atomic E-state index is 11.4. The molecule has 0 radical (unpaired) electrons. The lowest BCUT2D eigenvalue weighted by molar-refractivity contribution is 0.716. The molecule has 0 saturated carbocycles. The van der Waals surface area contributed by atoms with E-state index in [1.165, 1.54) is 6.08 Å². The number of hydrogen-bond acceptors (Lipinski definition) is 1. The molecule has 2 aliphatic heterocycles. The second kappa shape index (κ2) is 1.43. The topological polar surface area (TPSA) is 17.8 Å². The number of fused-ring (bicyclic) bond motifs is 1. The molecule has 9 heavy (non-hydrogen) atoms. The first-order valence-corrected chi connectivity index (χ1v) is 2.76. The van der Waals surface area contributed by atoms with Gasteiger partial charge in [-0.05, 0) is 0 Å². The maximum Gasteiger partial charge on any atom is 0.107 e. The normalized spacial score (nSPS) is 13.0. The molecule has 0 spiro atoms. The van der Waals surface area contributed by atoms with Gasteiger partial charge in [-0.25, -0.2) is 9.07 Å². The van der Waals surface area contributed by atoms with Gasteiger partial charge in [0.25, 0.3) is 0 Å². The highest BCUT2D eigenvalue weighted by Crippen LogP contribution is 2.29. The molecule has 0 N–H and O–H groups in total. The molecule has 0 aromatic rings. The molecule has 0 fully saturated rings. The standard InChI is InChI=1S/C6H5FN2/c7-3-1-2-5-6-4-8-9(5)6/h1,3-4H,2H2. The van der Waals surface area contributed by atoms with Crippen LogP contribution >= 0.6 is 0 Å². The summed E-state index contributed by atoms with van der Waals surface area (Å²) < 4.78 is 13.2. The Hall–Kier alpha value is -1.12. The first kappa shape index (κ1) is 4.73. The highest BCUT2D eigenvalue weighted by atomic mass is 19.1. The lowest BCUT2D eigenvalue weighted by Crippen LogP contribution is -1.84. The number of rotatable bonds is 2. The fraction of sp³-hybridized carbons (Fsp3) is 0.167. The van der Waals surface area contributed by atoms with E-state index in [-0.39, 0.29) is 0 Å².